The fraction of sp³-hybridized carbons (Fsp3) is 0.167. The van der Waals surface area contributed by atoms with Crippen molar-refractivity contribution in [3.05, 3.63) is 27.8 Å². The number of hydrogen-bond donors (Lipinski definition) is 1. The Morgan fingerprint density at radius 3 is 2.64 bits per heavy atom. The molecule has 0 aromatic carbocycles. The molecule has 0 aliphatic carbocycles. The van der Waals surface area contributed by atoms with E-state index >= 15 is 0 Å². The first-order valence-corrected chi connectivity index (χ1v) is 3.61. The van der Waals surface area contributed by atoms with E-state index in [0.29, 0.717) is 5.56 Å². The second-order valence-electron chi connectivity index (χ2n) is 1.91. The van der Waals surface area contributed by atoms with Gasteiger partial charge in [0.2, 0.25) is 5.95 Å². The average Bonchev–Trinajstić information content (AvgIpc) is 2.01. The molecule has 0 aliphatic heterocycles. The van der Waals surface area contributed by atoms with E-state index in [-0.39, 0.29) is 16.6 Å². The van der Waals surface area contributed by atoms with Crippen LogP contribution in [0.1, 0.15) is 5.56 Å². The van der Waals surface area contributed by atoms with Crippen molar-refractivity contribution in [1.29, 1.82) is 0 Å². The maximum absolute atomic E-state index is 12.5. The first-order valence-electron chi connectivity index (χ1n) is 2.85. The van der Waals surface area contributed by atoms with Crippen molar-refractivity contribution in [2.75, 3.05) is 0 Å². The Labute approximate surface area is 73.1 Å². The van der Waals surface area contributed by atoms with Crippen LogP contribution in [-0.2, 0) is 6.54 Å². The van der Waals surface area contributed by atoms with Crippen molar-refractivity contribution in [3.8, 4) is 0 Å². The van der Waals surface area contributed by atoms with Crippen molar-refractivity contribution in [3.63, 3.8) is 0 Å². The molecule has 0 amide bonds. The molecule has 0 bridgehead atoms. The normalized spacial score (nSPS) is 10.2. The minimum absolute atomic E-state index is 0.140. The Hall–Kier alpha value is -0.380. The van der Waals surface area contributed by atoms with E-state index in [9.17, 15) is 4.39 Å². The first kappa shape index (κ1) is 8.71. The van der Waals surface area contributed by atoms with Crippen LogP contribution in [-0.4, -0.2) is 4.98 Å². The van der Waals surface area contributed by atoms with Gasteiger partial charge < -0.3 is 5.73 Å². The molecule has 0 aliphatic rings. The summed E-state index contributed by atoms with van der Waals surface area (Å²) in [7, 11) is 0. The van der Waals surface area contributed by atoms with Gasteiger partial charge in [-0.3, -0.25) is 0 Å². The van der Waals surface area contributed by atoms with Crippen molar-refractivity contribution >= 4 is 23.2 Å². The summed E-state index contributed by atoms with van der Waals surface area (Å²) in [6.07, 6.45) is 1.27. The number of halogens is 3. The highest BCUT2D eigenvalue weighted by atomic mass is 35.5. The lowest BCUT2D eigenvalue weighted by atomic mass is 10.3. The zero-order valence-corrected chi connectivity index (χ0v) is 6.95. The molecule has 1 aromatic rings. The summed E-state index contributed by atoms with van der Waals surface area (Å²) >= 11 is 11.0. The van der Waals surface area contributed by atoms with Crippen LogP contribution in [0.15, 0.2) is 6.20 Å². The molecule has 0 radical (unpaired) electrons. The summed E-state index contributed by atoms with van der Waals surface area (Å²) in [5.41, 5.74) is 5.80. The molecule has 5 heteroatoms. The molecule has 0 fully saturated rings. The molecule has 2 nitrogen and oxygen atoms in total. The van der Waals surface area contributed by atoms with Crippen LogP contribution in [0.25, 0.3) is 0 Å². The molecule has 2 N–H and O–H groups in total. The topological polar surface area (TPSA) is 38.9 Å². The highest BCUT2D eigenvalue weighted by Gasteiger charge is 2.09. The summed E-state index contributed by atoms with van der Waals surface area (Å²) in [4.78, 5) is 3.35. The molecule has 1 aromatic heterocycles. The fourth-order valence-corrected chi connectivity index (χ4v) is 0.996. The minimum atomic E-state index is -0.770. The molecular weight excluding hydrogens is 190 g/mol. The van der Waals surface area contributed by atoms with Gasteiger partial charge in [0.15, 0.2) is 0 Å². The maximum atomic E-state index is 12.5. The predicted octanol–water partition coefficient (Wildman–Crippen LogP) is 1.99. The molecule has 0 saturated carbocycles. The van der Waals surface area contributed by atoms with Crippen molar-refractivity contribution in [1.82, 2.24) is 4.98 Å². The highest BCUT2D eigenvalue weighted by molar-refractivity contribution is 6.42. The van der Waals surface area contributed by atoms with Gasteiger partial charge in [-0.15, -0.1) is 0 Å². The van der Waals surface area contributed by atoms with Crippen LogP contribution in [0.2, 0.25) is 10.0 Å². The SMILES string of the molecule is NCc1cnc(F)c(Cl)c1Cl. The second kappa shape index (κ2) is 3.34. The number of nitrogens with two attached hydrogens (primary N) is 1. The average molecular weight is 195 g/mol. The predicted molar refractivity (Wildman–Crippen MR) is 42.1 cm³/mol. The van der Waals surface area contributed by atoms with E-state index in [1.807, 2.05) is 0 Å². The van der Waals surface area contributed by atoms with Gasteiger partial charge in [-0.2, -0.15) is 4.39 Å². The summed E-state index contributed by atoms with van der Waals surface area (Å²) in [6.45, 7) is 0.200. The van der Waals surface area contributed by atoms with Crippen molar-refractivity contribution in [2.24, 2.45) is 5.73 Å². The Bertz CT molecular complexity index is 278. The third kappa shape index (κ3) is 1.61. The third-order valence-corrected chi connectivity index (χ3v) is 2.08. The maximum Gasteiger partial charge on any atom is 0.233 e. The lowest BCUT2D eigenvalue weighted by Crippen LogP contribution is -1.99. The summed E-state index contributed by atoms with van der Waals surface area (Å²) < 4.78 is 12.5. The van der Waals surface area contributed by atoms with Crippen LogP contribution in [0, 0.1) is 5.95 Å². The lowest BCUT2D eigenvalue weighted by molar-refractivity contribution is 0.583. The molecular formula is C6H5Cl2FN2. The van der Waals surface area contributed by atoms with E-state index in [0.717, 1.165) is 0 Å². The van der Waals surface area contributed by atoms with E-state index < -0.39 is 5.95 Å². The zero-order chi connectivity index (χ0) is 8.43. The number of rotatable bonds is 1. The number of pyridine rings is 1. The van der Waals surface area contributed by atoms with Crippen molar-refractivity contribution in [2.45, 2.75) is 6.54 Å². The lowest BCUT2D eigenvalue weighted by Gasteiger charge is -2.01. The standard InChI is InChI=1S/C6H5Cl2FN2/c7-4-3(1-10)2-11-6(9)5(4)8/h2H,1,10H2. The van der Waals surface area contributed by atoms with Crippen molar-refractivity contribution < 1.29 is 4.39 Å². The quantitative estimate of drug-likeness (QED) is 0.695. The van der Waals surface area contributed by atoms with E-state index in [1.54, 1.807) is 0 Å². The fourth-order valence-electron chi connectivity index (χ4n) is 0.622. The van der Waals surface area contributed by atoms with Gasteiger partial charge in [0.05, 0.1) is 5.02 Å². The summed E-state index contributed by atoms with van der Waals surface area (Å²) in [5, 5.41) is -0.0312. The van der Waals surface area contributed by atoms with Crippen LogP contribution < -0.4 is 5.73 Å². The highest BCUT2D eigenvalue weighted by Crippen LogP contribution is 2.26. The van der Waals surface area contributed by atoms with Crippen LogP contribution in [0.3, 0.4) is 0 Å². The van der Waals surface area contributed by atoms with Crippen LogP contribution >= 0.6 is 23.2 Å². The monoisotopic (exact) mass is 194 g/mol. The Morgan fingerprint density at radius 1 is 1.45 bits per heavy atom. The minimum Gasteiger partial charge on any atom is -0.326 e. The van der Waals surface area contributed by atoms with Gasteiger partial charge >= 0.3 is 0 Å². The second-order valence-corrected chi connectivity index (χ2v) is 2.66. The number of nitrogens with zero attached hydrogens (tertiary/aromatic N) is 1. The molecule has 11 heavy (non-hydrogen) atoms. The zero-order valence-electron chi connectivity index (χ0n) is 5.44. The summed E-state index contributed by atoms with van der Waals surface area (Å²) in [6, 6.07) is 0. The van der Waals surface area contributed by atoms with E-state index in [4.69, 9.17) is 28.9 Å². The van der Waals surface area contributed by atoms with Gasteiger partial charge in [-0.1, -0.05) is 23.2 Å². The smallest absolute Gasteiger partial charge is 0.233 e. The van der Waals surface area contributed by atoms with Crippen LogP contribution in [0.4, 0.5) is 4.39 Å². The van der Waals surface area contributed by atoms with Gasteiger partial charge in [0.1, 0.15) is 5.02 Å². The Balaban J connectivity index is 3.25. The molecule has 1 rings (SSSR count). The number of aromatic nitrogens is 1. The van der Waals surface area contributed by atoms with Gasteiger partial charge in [0, 0.05) is 18.3 Å². The largest absolute Gasteiger partial charge is 0.326 e. The molecule has 0 saturated heterocycles. The molecule has 1 heterocycles. The van der Waals surface area contributed by atoms with Gasteiger partial charge in [-0.25, -0.2) is 4.98 Å². The molecule has 0 unspecified atom stereocenters. The van der Waals surface area contributed by atoms with Gasteiger partial charge in [0.25, 0.3) is 0 Å². The summed E-state index contributed by atoms with van der Waals surface area (Å²) in [5.74, 6) is -0.770. The Morgan fingerprint density at radius 2 is 2.09 bits per heavy atom. The molecule has 0 spiro atoms. The van der Waals surface area contributed by atoms with E-state index in [2.05, 4.69) is 4.98 Å². The Kier molecular flexibility index (Phi) is 2.65. The van der Waals surface area contributed by atoms with E-state index in [1.165, 1.54) is 6.20 Å². The molecule has 0 atom stereocenters. The first-order chi connectivity index (χ1) is 5.16. The van der Waals surface area contributed by atoms with Crippen LogP contribution in [0.5, 0.6) is 0 Å². The third-order valence-electron chi connectivity index (χ3n) is 1.21. The molecule has 60 valence electrons. The number of hydrogen-bond acceptors (Lipinski definition) is 2. The van der Waals surface area contributed by atoms with Gasteiger partial charge in [-0.05, 0) is 0 Å².